The Hall–Kier alpha value is -1.58. The van der Waals surface area contributed by atoms with Gasteiger partial charge in [0.2, 0.25) is 0 Å². The Balaban J connectivity index is 2.52. The van der Waals surface area contributed by atoms with Crippen molar-refractivity contribution in [3.63, 3.8) is 0 Å². The minimum absolute atomic E-state index is 0.297. The topological polar surface area (TPSA) is 49.7 Å². The van der Waals surface area contributed by atoms with Crippen molar-refractivity contribution in [3.05, 3.63) is 42.0 Å². The van der Waals surface area contributed by atoms with Gasteiger partial charge in [0.15, 0.2) is 0 Å². The highest BCUT2D eigenvalue weighted by Crippen LogP contribution is 2.26. The van der Waals surface area contributed by atoms with Crippen LogP contribution >= 0.6 is 0 Å². The van der Waals surface area contributed by atoms with E-state index in [1.807, 2.05) is 36.4 Å². The van der Waals surface area contributed by atoms with Crippen LogP contribution in [0, 0.1) is 0 Å². The van der Waals surface area contributed by atoms with Crippen molar-refractivity contribution in [1.29, 1.82) is 0 Å². The molecule has 90 valence electrons. The molecule has 0 aliphatic rings. The summed E-state index contributed by atoms with van der Waals surface area (Å²) in [7, 11) is 1.63. The molecule has 0 spiro atoms. The van der Waals surface area contributed by atoms with Gasteiger partial charge in [0.25, 0.3) is 0 Å². The molecule has 0 amide bonds. The summed E-state index contributed by atoms with van der Waals surface area (Å²) in [5.74, 6) is 0.805. The second kappa shape index (κ2) is 4.35. The maximum atomic E-state index is 9.98. The van der Waals surface area contributed by atoms with Crippen molar-refractivity contribution in [3.8, 4) is 5.75 Å². The molecule has 0 aliphatic carbocycles. The zero-order valence-electron chi connectivity index (χ0n) is 9.97. The molecule has 3 nitrogen and oxygen atoms in total. The molecule has 2 N–H and O–H groups in total. The Labute approximate surface area is 100 Å². The predicted octanol–water partition coefficient (Wildman–Crippen LogP) is 2.05. The van der Waals surface area contributed by atoms with Crippen molar-refractivity contribution >= 4 is 10.8 Å². The van der Waals surface area contributed by atoms with Gasteiger partial charge in [0.05, 0.1) is 13.7 Å². The standard InChI is InChI=1S/C14H16O3/c1-14(16,9-15)12-5-3-11-8-13(17-2)6-4-10(11)7-12/h3-8,15-16H,9H2,1-2H3/t14-/m1/s1. The first-order valence-corrected chi connectivity index (χ1v) is 5.48. The lowest BCUT2D eigenvalue weighted by Crippen LogP contribution is -2.25. The number of ether oxygens (including phenoxy) is 1. The summed E-state index contributed by atoms with van der Waals surface area (Å²) in [5, 5.41) is 21.2. The molecule has 0 saturated carbocycles. The Morgan fingerprint density at radius 2 is 1.76 bits per heavy atom. The molecule has 0 unspecified atom stereocenters. The van der Waals surface area contributed by atoms with Crippen molar-refractivity contribution in [1.82, 2.24) is 0 Å². The van der Waals surface area contributed by atoms with Crippen LogP contribution in [-0.2, 0) is 5.60 Å². The molecule has 0 aromatic heterocycles. The van der Waals surface area contributed by atoms with Crippen LogP contribution in [0.5, 0.6) is 5.75 Å². The zero-order chi connectivity index (χ0) is 12.5. The van der Waals surface area contributed by atoms with Gasteiger partial charge in [-0.15, -0.1) is 0 Å². The second-order valence-electron chi connectivity index (χ2n) is 4.36. The van der Waals surface area contributed by atoms with Crippen molar-refractivity contribution < 1.29 is 14.9 Å². The minimum atomic E-state index is -1.20. The van der Waals surface area contributed by atoms with E-state index in [0.29, 0.717) is 5.56 Å². The fourth-order valence-electron chi connectivity index (χ4n) is 1.78. The third-order valence-electron chi connectivity index (χ3n) is 2.98. The van der Waals surface area contributed by atoms with Gasteiger partial charge in [0, 0.05) is 0 Å². The van der Waals surface area contributed by atoms with E-state index in [1.165, 1.54) is 0 Å². The van der Waals surface area contributed by atoms with Gasteiger partial charge in [-0.25, -0.2) is 0 Å². The Morgan fingerprint density at radius 1 is 1.12 bits per heavy atom. The first-order chi connectivity index (χ1) is 8.06. The number of hydrogen-bond acceptors (Lipinski definition) is 3. The number of hydrogen-bond donors (Lipinski definition) is 2. The largest absolute Gasteiger partial charge is 0.497 e. The monoisotopic (exact) mass is 232 g/mol. The molecule has 2 rings (SSSR count). The van der Waals surface area contributed by atoms with E-state index >= 15 is 0 Å². The number of aliphatic hydroxyl groups is 2. The third-order valence-corrected chi connectivity index (χ3v) is 2.98. The SMILES string of the molecule is COc1ccc2cc([C@](C)(O)CO)ccc2c1. The van der Waals surface area contributed by atoms with Crippen LogP contribution in [0.3, 0.4) is 0 Å². The van der Waals surface area contributed by atoms with Crippen LogP contribution in [0.4, 0.5) is 0 Å². The van der Waals surface area contributed by atoms with Gasteiger partial charge < -0.3 is 14.9 Å². The summed E-state index contributed by atoms with van der Waals surface area (Å²) in [4.78, 5) is 0. The van der Waals surface area contributed by atoms with Gasteiger partial charge >= 0.3 is 0 Å². The van der Waals surface area contributed by atoms with Crippen LogP contribution in [-0.4, -0.2) is 23.9 Å². The third kappa shape index (κ3) is 2.25. The highest BCUT2D eigenvalue weighted by atomic mass is 16.5. The van der Waals surface area contributed by atoms with Crippen LogP contribution in [0.15, 0.2) is 36.4 Å². The van der Waals surface area contributed by atoms with Gasteiger partial charge in [-0.05, 0) is 41.5 Å². The van der Waals surface area contributed by atoms with E-state index in [4.69, 9.17) is 9.84 Å². The summed E-state index contributed by atoms with van der Waals surface area (Å²) < 4.78 is 5.15. The molecule has 0 fully saturated rings. The van der Waals surface area contributed by atoms with E-state index < -0.39 is 5.60 Å². The molecule has 3 heteroatoms. The number of methoxy groups -OCH3 is 1. The molecule has 17 heavy (non-hydrogen) atoms. The fourth-order valence-corrected chi connectivity index (χ4v) is 1.78. The van der Waals surface area contributed by atoms with E-state index in [1.54, 1.807) is 14.0 Å². The lowest BCUT2D eigenvalue weighted by Gasteiger charge is -2.21. The van der Waals surface area contributed by atoms with Crippen molar-refractivity contribution in [2.45, 2.75) is 12.5 Å². The van der Waals surface area contributed by atoms with Crippen molar-refractivity contribution in [2.75, 3.05) is 13.7 Å². The lowest BCUT2D eigenvalue weighted by molar-refractivity contribution is -0.00217. The van der Waals surface area contributed by atoms with Gasteiger partial charge in [-0.2, -0.15) is 0 Å². The number of fused-ring (bicyclic) bond motifs is 1. The molecule has 0 radical (unpaired) electrons. The number of aliphatic hydroxyl groups excluding tert-OH is 1. The van der Waals surface area contributed by atoms with Crippen LogP contribution < -0.4 is 4.74 Å². The average Bonchev–Trinajstić information content (AvgIpc) is 2.37. The molecule has 0 aliphatic heterocycles. The van der Waals surface area contributed by atoms with Crippen LogP contribution in [0.25, 0.3) is 10.8 Å². The molecule has 0 heterocycles. The molecule has 2 aromatic carbocycles. The smallest absolute Gasteiger partial charge is 0.119 e. The van der Waals surface area contributed by atoms with Crippen LogP contribution in [0.2, 0.25) is 0 Å². The highest BCUT2D eigenvalue weighted by Gasteiger charge is 2.21. The van der Waals surface area contributed by atoms with Crippen molar-refractivity contribution in [2.24, 2.45) is 0 Å². The number of benzene rings is 2. The quantitative estimate of drug-likeness (QED) is 0.851. The molecule has 0 bridgehead atoms. The van der Waals surface area contributed by atoms with E-state index in [2.05, 4.69) is 0 Å². The zero-order valence-corrected chi connectivity index (χ0v) is 9.97. The molecular formula is C14H16O3. The fraction of sp³-hybridized carbons (Fsp3) is 0.286. The highest BCUT2D eigenvalue weighted by molar-refractivity contribution is 5.84. The maximum Gasteiger partial charge on any atom is 0.119 e. The minimum Gasteiger partial charge on any atom is -0.497 e. The molecular weight excluding hydrogens is 216 g/mol. The van der Waals surface area contributed by atoms with Crippen LogP contribution in [0.1, 0.15) is 12.5 Å². The second-order valence-corrected chi connectivity index (χ2v) is 4.36. The summed E-state index contributed by atoms with van der Waals surface area (Å²) in [6.07, 6.45) is 0. The first-order valence-electron chi connectivity index (χ1n) is 5.48. The lowest BCUT2D eigenvalue weighted by atomic mass is 9.94. The van der Waals surface area contributed by atoms with E-state index in [9.17, 15) is 5.11 Å². The number of rotatable bonds is 3. The molecule has 2 aromatic rings. The summed E-state index contributed by atoms with van der Waals surface area (Å²) >= 11 is 0. The molecule has 1 atom stereocenters. The van der Waals surface area contributed by atoms with E-state index in [-0.39, 0.29) is 6.61 Å². The van der Waals surface area contributed by atoms with Gasteiger partial charge in [-0.3, -0.25) is 0 Å². The summed E-state index contributed by atoms with van der Waals surface area (Å²) in [5.41, 5.74) is -0.494. The van der Waals surface area contributed by atoms with Gasteiger partial charge in [0.1, 0.15) is 11.4 Å². The normalized spacial score (nSPS) is 14.6. The predicted molar refractivity (Wildman–Crippen MR) is 67.2 cm³/mol. The first kappa shape index (κ1) is 11.9. The summed E-state index contributed by atoms with van der Waals surface area (Å²) in [6.45, 7) is 1.30. The van der Waals surface area contributed by atoms with E-state index in [0.717, 1.165) is 16.5 Å². The Bertz CT molecular complexity index is 532. The maximum absolute atomic E-state index is 9.98. The Kier molecular flexibility index (Phi) is 3.05. The average molecular weight is 232 g/mol. The summed E-state index contributed by atoms with van der Waals surface area (Å²) in [6, 6.07) is 11.4. The Morgan fingerprint density at radius 3 is 2.41 bits per heavy atom. The molecule has 0 saturated heterocycles. The van der Waals surface area contributed by atoms with Gasteiger partial charge in [-0.1, -0.05) is 18.2 Å².